The average molecular weight is 597 g/mol. The van der Waals surface area contributed by atoms with Crippen molar-refractivity contribution in [1.82, 2.24) is 0 Å². The molecule has 0 aromatic heterocycles. The summed E-state index contributed by atoms with van der Waals surface area (Å²) >= 11 is 0. The van der Waals surface area contributed by atoms with Crippen LogP contribution in [-0.4, -0.2) is 69.1 Å². The number of rotatable bonds is 26. The van der Waals surface area contributed by atoms with Crippen LogP contribution in [0.1, 0.15) is 162 Å². The summed E-state index contributed by atoms with van der Waals surface area (Å²) in [4.78, 5) is 11.6. The Hall–Kier alpha value is -0.990. The number of hydrogen-bond donors (Lipinski definition) is 4. The van der Waals surface area contributed by atoms with Crippen LogP contribution < -0.4 is 0 Å². The van der Waals surface area contributed by atoms with Gasteiger partial charge in [0.25, 0.3) is 0 Å². The van der Waals surface area contributed by atoms with Crippen LogP contribution in [0.15, 0.2) is 11.6 Å². The van der Waals surface area contributed by atoms with Crippen molar-refractivity contribution in [2.75, 3.05) is 0 Å². The number of hydrogen-bond acceptors (Lipinski definition) is 7. The minimum atomic E-state index is -0.604. The maximum atomic E-state index is 11.6. The van der Waals surface area contributed by atoms with Crippen molar-refractivity contribution in [3.8, 4) is 0 Å². The first-order valence-corrected chi connectivity index (χ1v) is 17.6. The summed E-state index contributed by atoms with van der Waals surface area (Å²) < 4.78 is 11.3. The van der Waals surface area contributed by atoms with Gasteiger partial charge in [0, 0.05) is 12.0 Å². The second-order valence-corrected chi connectivity index (χ2v) is 13.1. The summed E-state index contributed by atoms with van der Waals surface area (Å²) in [5.41, 5.74) is 0.621. The predicted molar refractivity (Wildman–Crippen MR) is 168 cm³/mol. The molecule has 2 rings (SSSR count). The Balaban J connectivity index is 1.36. The molecule has 42 heavy (non-hydrogen) atoms. The van der Waals surface area contributed by atoms with Crippen molar-refractivity contribution in [1.29, 1.82) is 0 Å². The van der Waals surface area contributed by atoms with E-state index in [4.69, 9.17) is 9.47 Å². The molecule has 1 fully saturated rings. The summed E-state index contributed by atoms with van der Waals surface area (Å²) in [6.07, 6.45) is 23.0. The fraction of sp³-hybridized carbons (Fsp3) is 0.914. The monoisotopic (exact) mass is 596 g/mol. The largest absolute Gasteiger partial charge is 0.455 e. The van der Waals surface area contributed by atoms with Gasteiger partial charge in [-0.25, -0.2) is 4.79 Å². The molecule has 2 unspecified atom stereocenters. The molecule has 0 aromatic carbocycles. The van der Waals surface area contributed by atoms with Gasteiger partial charge >= 0.3 is 5.97 Å². The number of unbranched alkanes of at least 4 members (excludes halogenated alkanes) is 12. The number of esters is 1. The zero-order chi connectivity index (χ0) is 30.6. The van der Waals surface area contributed by atoms with Crippen molar-refractivity contribution in [2.24, 2.45) is 0 Å². The van der Waals surface area contributed by atoms with Gasteiger partial charge in [-0.2, -0.15) is 0 Å². The van der Waals surface area contributed by atoms with E-state index in [1.807, 2.05) is 13.0 Å². The Morgan fingerprint density at radius 3 is 1.88 bits per heavy atom. The Labute approximate surface area is 256 Å². The van der Waals surface area contributed by atoms with E-state index in [0.29, 0.717) is 30.9 Å². The van der Waals surface area contributed by atoms with Crippen molar-refractivity contribution < 1.29 is 34.7 Å². The van der Waals surface area contributed by atoms with Crippen LogP contribution in [0.3, 0.4) is 0 Å². The van der Waals surface area contributed by atoms with Crippen LogP contribution in [0, 0.1) is 0 Å². The third-order valence-corrected chi connectivity index (χ3v) is 9.13. The Bertz CT molecular complexity index is 726. The Morgan fingerprint density at radius 1 is 0.738 bits per heavy atom. The quantitative estimate of drug-likeness (QED) is 0.0624. The Kier molecular flexibility index (Phi) is 19.9. The number of aliphatic hydroxyl groups excluding tert-OH is 4. The van der Waals surface area contributed by atoms with E-state index < -0.39 is 18.3 Å². The molecule has 7 atom stereocenters. The van der Waals surface area contributed by atoms with Gasteiger partial charge in [-0.1, -0.05) is 103 Å². The molecule has 4 N–H and O–H groups in total. The molecule has 0 saturated carbocycles. The predicted octanol–water partition coefficient (Wildman–Crippen LogP) is 7.06. The van der Waals surface area contributed by atoms with E-state index in [2.05, 4.69) is 6.92 Å². The van der Waals surface area contributed by atoms with E-state index in [1.54, 1.807) is 0 Å². The SMILES string of the molecule is CCCCCC(O)C(O)CCCCCC[C@H](O)[C@@H]1CC[C@@H](CCCCCCCCCC[C@H](O)CC2=C[C@H](C)OC2=O)O1. The van der Waals surface area contributed by atoms with Gasteiger partial charge in [0.15, 0.2) is 0 Å². The molecule has 2 aliphatic heterocycles. The van der Waals surface area contributed by atoms with E-state index in [0.717, 1.165) is 89.9 Å². The maximum absolute atomic E-state index is 11.6. The topological polar surface area (TPSA) is 116 Å². The number of aliphatic hydroxyl groups is 4. The molecular formula is C35H64O7. The highest BCUT2D eigenvalue weighted by Crippen LogP contribution is 2.28. The molecular weight excluding hydrogens is 532 g/mol. The summed E-state index contributed by atoms with van der Waals surface area (Å²) in [6, 6.07) is 0. The molecule has 0 aromatic rings. The number of carbonyl (C=O) groups is 1. The van der Waals surface area contributed by atoms with Crippen molar-refractivity contribution in [2.45, 2.75) is 204 Å². The van der Waals surface area contributed by atoms with Crippen molar-refractivity contribution >= 4 is 5.97 Å². The summed E-state index contributed by atoms with van der Waals surface area (Å²) in [5.74, 6) is -0.277. The van der Waals surface area contributed by atoms with Crippen LogP contribution in [-0.2, 0) is 14.3 Å². The molecule has 2 heterocycles. The average Bonchev–Trinajstić information content (AvgIpc) is 3.56. The second kappa shape index (κ2) is 22.5. The minimum Gasteiger partial charge on any atom is -0.455 e. The molecule has 0 spiro atoms. The van der Waals surface area contributed by atoms with Crippen molar-refractivity contribution in [3.05, 3.63) is 11.6 Å². The van der Waals surface area contributed by atoms with Crippen LogP contribution in [0.4, 0.5) is 0 Å². The lowest BCUT2D eigenvalue weighted by atomic mass is 9.99. The van der Waals surface area contributed by atoms with E-state index >= 15 is 0 Å². The van der Waals surface area contributed by atoms with E-state index in [-0.39, 0.29) is 24.3 Å². The van der Waals surface area contributed by atoms with Gasteiger partial charge in [0.2, 0.25) is 0 Å². The number of carbonyl (C=O) groups excluding carboxylic acids is 1. The fourth-order valence-corrected chi connectivity index (χ4v) is 6.41. The van der Waals surface area contributed by atoms with Gasteiger partial charge < -0.3 is 29.9 Å². The third-order valence-electron chi connectivity index (χ3n) is 9.13. The van der Waals surface area contributed by atoms with Gasteiger partial charge in [-0.3, -0.25) is 0 Å². The standard InChI is InChI=1S/C35H64O7/c1-3-4-13-20-31(37)32(38)21-16-11-12-17-22-33(39)34-24-23-30(42-34)19-15-10-8-6-5-7-9-14-18-29(36)26-28-25-27(2)41-35(28)40/h25,27,29-34,36-39H,3-24,26H2,1-2H3/t27-,29-,30+,31?,32?,33-,34-/m0/s1. The Morgan fingerprint density at radius 2 is 1.29 bits per heavy atom. The van der Waals surface area contributed by atoms with E-state index in [9.17, 15) is 25.2 Å². The number of ether oxygens (including phenoxy) is 2. The first-order chi connectivity index (χ1) is 20.3. The van der Waals surface area contributed by atoms with Crippen LogP contribution in [0.5, 0.6) is 0 Å². The lowest BCUT2D eigenvalue weighted by Crippen LogP contribution is -2.26. The normalized spacial score (nSPS) is 23.5. The van der Waals surface area contributed by atoms with Gasteiger partial charge in [0.05, 0.1) is 36.6 Å². The van der Waals surface area contributed by atoms with Crippen LogP contribution in [0.25, 0.3) is 0 Å². The number of cyclic esters (lactones) is 1. The molecule has 2 aliphatic rings. The van der Waals surface area contributed by atoms with Crippen molar-refractivity contribution in [3.63, 3.8) is 0 Å². The molecule has 0 bridgehead atoms. The highest BCUT2D eigenvalue weighted by atomic mass is 16.5. The zero-order valence-electron chi connectivity index (χ0n) is 26.9. The van der Waals surface area contributed by atoms with Gasteiger partial charge in [-0.15, -0.1) is 0 Å². The first kappa shape index (κ1) is 37.2. The summed E-state index contributed by atoms with van der Waals surface area (Å²) in [6.45, 7) is 3.98. The van der Waals surface area contributed by atoms with Crippen LogP contribution >= 0.6 is 0 Å². The highest BCUT2D eigenvalue weighted by Gasteiger charge is 2.30. The maximum Gasteiger partial charge on any atom is 0.334 e. The minimum absolute atomic E-state index is 0.0131. The molecule has 7 nitrogen and oxygen atoms in total. The molecule has 7 heteroatoms. The smallest absolute Gasteiger partial charge is 0.334 e. The third kappa shape index (κ3) is 16.2. The molecule has 0 radical (unpaired) electrons. The second-order valence-electron chi connectivity index (χ2n) is 13.1. The molecule has 1 saturated heterocycles. The lowest BCUT2D eigenvalue weighted by molar-refractivity contribution is -0.139. The molecule has 0 amide bonds. The van der Waals surface area contributed by atoms with Gasteiger partial charge in [0.1, 0.15) is 6.10 Å². The molecule has 0 aliphatic carbocycles. The summed E-state index contributed by atoms with van der Waals surface area (Å²) in [7, 11) is 0. The first-order valence-electron chi connectivity index (χ1n) is 17.6. The van der Waals surface area contributed by atoms with Gasteiger partial charge in [-0.05, 0) is 57.9 Å². The molecule has 246 valence electrons. The lowest BCUT2D eigenvalue weighted by Gasteiger charge is -2.20. The zero-order valence-corrected chi connectivity index (χ0v) is 26.9. The highest BCUT2D eigenvalue weighted by molar-refractivity contribution is 5.90. The summed E-state index contributed by atoms with van der Waals surface area (Å²) in [5, 5.41) is 40.9. The fourth-order valence-electron chi connectivity index (χ4n) is 6.41. The van der Waals surface area contributed by atoms with Crippen LogP contribution in [0.2, 0.25) is 0 Å². The van der Waals surface area contributed by atoms with E-state index in [1.165, 1.54) is 38.5 Å².